The van der Waals surface area contributed by atoms with E-state index in [1.165, 1.54) is 0 Å². The number of ketones is 1. The van der Waals surface area contributed by atoms with Crippen molar-refractivity contribution in [3.63, 3.8) is 0 Å². The molecule has 0 heterocycles. The largest absolute Gasteiger partial charge is 3.00 e. The molecule has 0 saturated carbocycles. The van der Waals surface area contributed by atoms with Crippen LogP contribution in [0.3, 0.4) is 0 Å². The molecule has 0 saturated heterocycles. The zero-order chi connectivity index (χ0) is 20.5. The molecule has 0 aliphatic heterocycles. The molecule has 27 heavy (non-hydrogen) atoms. The minimum Gasteiger partial charge on any atom is -0.356 e. The molecular formula is C13H10LaN3O10. The molecule has 2 aromatic carbocycles. The standard InChI is InChI=1S/C13H10O.La.3NO3/c14-13(11-7-3-1-4-8-11)12-9-5-2-6-10-12;;3*2-1(3)4/h1-10H;;;;/q;+3;3*-1. The second-order valence-electron chi connectivity index (χ2n) is 3.73. The van der Waals surface area contributed by atoms with Gasteiger partial charge in [-0.1, -0.05) is 60.7 Å². The van der Waals surface area contributed by atoms with E-state index in [-0.39, 0.29) is 41.4 Å². The van der Waals surface area contributed by atoms with Gasteiger partial charge in [-0.15, -0.1) is 0 Å². The molecule has 140 valence electrons. The molecule has 0 aliphatic rings. The van der Waals surface area contributed by atoms with Gasteiger partial charge in [-0.2, -0.15) is 0 Å². The molecule has 0 aromatic heterocycles. The molecule has 0 unspecified atom stereocenters. The van der Waals surface area contributed by atoms with Crippen LogP contribution in [0.1, 0.15) is 15.9 Å². The Morgan fingerprint density at radius 1 is 0.556 bits per heavy atom. The first kappa shape index (κ1) is 28.7. The summed E-state index contributed by atoms with van der Waals surface area (Å²) in [4.78, 5) is 36.6. The fraction of sp³-hybridized carbons (Fsp3) is 0. The molecule has 2 rings (SSSR count). The van der Waals surface area contributed by atoms with Crippen LogP contribution >= 0.6 is 0 Å². The van der Waals surface area contributed by atoms with Crippen molar-refractivity contribution in [2.24, 2.45) is 0 Å². The van der Waals surface area contributed by atoms with Gasteiger partial charge in [0.2, 0.25) is 0 Å². The number of nitrogens with zero attached hydrogens (tertiary/aromatic N) is 3. The van der Waals surface area contributed by atoms with Crippen LogP contribution in [0, 0.1) is 81.6 Å². The quantitative estimate of drug-likeness (QED) is 0.328. The van der Waals surface area contributed by atoms with Crippen molar-refractivity contribution in [2.75, 3.05) is 0 Å². The van der Waals surface area contributed by atoms with Gasteiger partial charge in [0, 0.05) is 11.1 Å². The second kappa shape index (κ2) is 17.7. The van der Waals surface area contributed by atoms with E-state index in [1.54, 1.807) is 0 Å². The Labute approximate surface area is 178 Å². The van der Waals surface area contributed by atoms with Crippen LogP contribution < -0.4 is 0 Å². The molecule has 2 aromatic rings. The van der Waals surface area contributed by atoms with E-state index < -0.39 is 15.3 Å². The predicted molar refractivity (Wildman–Crippen MR) is 87.4 cm³/mol. The minimum absolute atomic E-state index is 0. The van der Waals surface area contributed by atoms with Crippen LogP contribution in [0.15, 0.2) is 60.7 Å². The Morgan fingerprint density at radius 2 is 0.741 bits per heavy atom. The topological polar surface area (TPSA) is 216 Å². The van der Waals surface area contributed by atoms with Crippen molar-refractivity contribution in [1.29, 1.82) is 0 Å². The fourth-order valence-electron chi connectivity index (χ4n) is 1.35. The first-order chi connectivity index (χ1) is 12.1. The summed E-state index contributed by atoms with van der Waals surface area (Å²) in [5.41, 5.74) is 1.47. The summed E-state index contributed by atoms with van der Waals surface area (Å²) >= 11 is 0. The molecule has 0 N–H and O–H groups in total. The van der Waals surface area contributed by atoms with Gasteiger partial charge in [0.05, 0.1) is 15.3 Å². The van der Waals surface area contributed by atoms with Gasteiger partial charge >= 0.3 is 35.6 Å². The van der Waals surface area contributed by atoms with E-state index in [1.807, 2.05) is 60.7 Å². The van der Waals surface area contributed by atoms with E-state index in [0.29, 0.717) is 0 Å². The molecule has 0 amide bonds. The zero-order valence-electron chi connectivity index (χ0n) is 13.3. The minimum atomic E-state index is -1.75. The summed E-state index contributed by atoms with van der Waals surface area (Å²) in [6.07, 6.45) is 0. The number of carbonyl (C=O) groups is 1. The molecule has 0 atom stereocenters. The van der Waals surface area contributed by atoms with Crippen LogP contribution in [-0.2, 0) is 0 Å². The Balaban J connectivity index is -0.000000371. The summed E-state index contributed by atoms with van der Waals surface area (Å²) in [5, 5.41) is 44.2. The third-order valence-electron chi connectivity index (χ3n) is 2.07. The van der Waals surface area contributed by atoms with Gasteiger partial charge in [-0.25, -0.2) is 0 Å². The van der Waals surface area contributed by atoms with Crippen LogP contribution in [0.25, 0.3) is 0 Å². The maximum atomic E-state index is 11.8. The zero-order valence-corrected chi connectivity index (χ0v) is 16.9. The summed E-state index contributed by atoms with van der Waals surface area (Å²) in [7, 11) is 0. The van der Waals surface area contributed by atoms with Gasteiger partial charge in [0.15, 0.2) is 5.78 Å². The number of rotatable bonds is 2. The van der Waals surface area contributed by atoms with E-state index in [2.05, 4.69) is 0 Å². The molecule has 0 bridgehead atoms. The van der Waals surface area contributed by atoms with Gasteiger partial charge in [0.1, 0.15) is 0 Å². The third kappa shape index (κ3) is 22.9. The summed E-state index contributed by atoms with van der Waals surface area (Å²) in [5.74, 6) is 0.0752. The van der Waals surface area contributed by atoms with E-state index in [4.69, 9.17) is 46.0 Å². The van der Waals surface area contributed by atoms with Crippen LogP contribution in [0.2, 0.25) is 0 Å². The van der Waals surface area contributed by atoms with Crippen molar-refractivity contribution in [2.45, 2.75) is 0 Å². The van der Waals surface area contributed by atoms with Crippen molar-refractivity contribution in [3.05, 3.63) is 118 Å². The Hall–Kier alpha value is -3.10. The van der Waals surface area contributed by atoms with Crippen LogP contribution in [0.4, 0.5) is 0 Å². The van der Waals surface area contributed by atoms with Gasteiger partial charge < -0.3 is 46.0 Å². The Bertz CT molecular complexity index is 618. The first-order valence-electron chi connectivity index (χ1n) is 6.17. The number of hydrogen-bond acceptors (Lipinski definition) is 10. The van der Waals surface area contributed by atoms with Gasteiger partial charge in [0.25, 0.3) is 0 Å². The smallest absolute Gasteiger partial charge is 0.356 e. The van der Waals surface area contributed by atoms with E-state index in [0.717, 1.165) is 11.1 Å². The Kier molecular flexibility index (Phi) is 18.8. The fourth-order valence-corrected chi connectivity index (χ4v) is 1.35. The maximum absolute atomic E-state index is 11.8. The first-order valence-corrected chi connectivity index (χ1v) is 6.17. The molecule has 13 nitrogen and oxygen atoms in total. The monoisotopic (exact) mass is 507 g/mol. The van der Waals surface area contributed by atoms with Crippen LogP contribution in [-0.4, -0.2) is 21.0 Å². The third-order valence-corrected chi connectivity index (χ3v) is 2.07. The average molecular weight is 507 g/mol. The molecule has 0 fully saturated rings. The molecule has 0 radical (unpaired) electrons. The Morgan fingerprint density at radius 3 is 0.926 bits per heavy atom. The molecule has 14 heteroatoms. The van der Waals surface area contributed by atoms with Crippen LogP contribution in [0.5, 0.6) is 0 Å². The maximum Gasteiger partial charge on any atom is 3.00 e. The van der Waals surface area contributed by atoms with Gasteiger partial charge in [-0.05, 0) is 0 Å². The predicted octanol–water partition coefficient (Wildman–Crippen LogP) is 2.20. The number of carbonyl (C=O) groups excluding carboxylic acids is 1. The normalized spacial score (nSPS) is 7.70. The average Bonchev–Trinajstić information content (AvgIpc) is 2.54. The second-order valence-corrected chi connectivity index (χ2v) is 3.73. The number of benzene rings is 2. The van der Waals surface area contributed by atoms with Crippen molar-refractivity contribution in [3.8, 4) is 0 Å². The van der Waals surface area contributed by atoms with Crippen molar-refractivity contribution >= 4 is 5.78 Å². The molecule has 0 spiro atoms. The summed E-state index contributed by atoms with van der Waals surface area (Å²) in [6, 6.07) is 18.6. The van der Waals surface area contributed by atoms with E-state index in [9.17, 15) is 4.79 Å². The van der Waals surface area contributed by atoms with Crippen molar-refractivity contribution < 1.29 is 55.7 Å². The SMILES string of the molecule is O=C(c1ccccc1)c1ccccc1.O=[N+]([O-])[O-].O=[N+]([O-])[O-].O=[N+]([O-])[O-].[La+3]. The van der Waals surface area contributed by atoms with Crippen molar-refractivity contribution in [1.82, 2.24) is 0 Å². The van der Waals surface area contributed by atoms with E-state index >= 15 is 0 Å². The summed E-state index contributed by atoms with van der Waals surface area (Å²) in [6.45, 7) is 0. The van der Waals surface area contributed by atoms with Gasteiger partial charge in [-0.3, -0.25) is 4.79 Å². The molecule has 0 aliphatic carbocycles. The molecular weight excluding hydrogens is 497 g/mol. The summed E-state index contributed by atoms with van der Waals surface area (Å²) < 4.78 is 0. The number of hydrogen-bond donors (Lipinski definition) is 0.